The number of nitrogens with zero attached hydrogens (tertiary/aromatic N) is 4. The standard InChI is InChI=1S/C18H19F3N6O/c1-10(2)9-27-11(3)14(8-22-27)16(28)24-17-23-15(25-26-17)12-5-4-6-13(7-12)18(19,20)21/h4-8,10H,9H2,1-3H3,(H2,23,24,25,26,28). The normalized spacial score (nSPS) is 11.8. The van der Waals surface area contributed by atoms with Crippen LogP contribution in [0.3, 0.4) is 0 Å². The fraction of sp³-hybridized carbons (Fsp3) is 0.333. The summed E-state index contributed by atoms with van der Waals surface area (Å²) in [6.07, 6.45) is -2.99. The van der Waals surface area contributed by atoms with Crippen molar-refractivity contribution in [3.8, 4) is 11.4 Å². The summed E-state index contributed by atoms with van der Waals surface area (Å²) in [7, 11) is 0. The number of hydrogen-bond donors (Lipinski definition) is 2. The van der Waals surface area contributed by atoms with Crippen LogP contribution in [-0.4, -0.2) is 30.9 Å². The molecule has 1 amide bonds. The van der Waals surface area contributed by atoms with Crippen LogP contribution in [0.1, 0.15) is 35.5 Å². The Morgan fingerprint density at radius 2 is 2.07 bits per heavy atom. The minimum atomic E-state index is -4.46. The molecule has 3 rings (SSSR count). The van der Waals surface area contributed by atoms with Crippen molar-refractivity contribution in [2.75, 3.05) is 5.32 Å². The van der Waals surface area contributed by atoms with E-state index >= 15 is 0 Å². The first-order valence-electron chi connectivity index (χ1n) is 8.59. The number of anilines is 1. The van der Waals surface area contributed by atoms with Crippen molar-refractivity contribution in [1.29, 1.82) is 0 Å². The Bertz CT molecular complexity index is 989. The molecule has 0 aliphatic carbocycles. The number of benzene rings is 1. The number of halogens is 3. The second-order valence-electron chi connectivity index (χ2n) is 6.76. The summed E-state index contributed by atoms with van der Waals surface area (Å²) in [6.45, 7) is 6.56. The lowest BCUT2D eigenvalue weighted by atomic mass is 10.1. The molecule has 0 spiro atoms. The molecule has 3 aromatic rings. The minimum absolute atomic E-state index is 0.0339. The molecule has 0 atom stereocenters. The van der Waals surface area contributed by atoms with Gasteiger partial charge in [0.05, 0.1) is 17.3 Å². The van der Waals surface area contributed by atoms with Gasteiger partial charge in [-0.3, -0.25) is 19.9 Å². The van der Waals surface area contributed by atoms with Crippen LogP contribution in [0.15, 0.2) is 30.5 Å². The molecular formula is C18H19F3N6O. The number of rotatable bonds is 5. The fourth-order valence-corrected chi connectivity index (χ4v) is 2.66. The largest absolute Gasteiger partial charge is 0.416 e. The summed E-state index contributed by atoms with van der Waals surface area (Å²) in [4.78, 5) is 16.5. The predicted octanol–water partition coefficient (Wildman–Crippen LogP) is 3.90. The number of amides is 1. The van der Waals surface area contributed by atoms with E-state index in [1.54, 1.807) is 11.6 Å². The van der Waals surface area contributed by atoms with Crippen LogP contribution in [0.5, 0.6) is 0 Å². The maximum Gasteiger partial charge on any atom is 0.416 e. The van der Waals surface area contributed by atoms with E-state index in [4.69, 9.17) is 0 Å². The molecule has 0 saturated carbocycles. The van der Waals surface area contributed by atoms with Gasteiger partial charge in [0.25, 0.3) is 5.91 Å². The number of aromatic nitrogens is 5. The lowest BCUT2D eigenvalue weighted by Gasteiger charge is -2.07. The van der Waals surface area contributed by atoms with Crippen LogP contribution in [-0.2, 0) is 12.7 Å². The first kappa shape index (κ1) is 19.6. The van der Waals surface area contributed by atoms with Gasteiger partial charge in [-0.2, -0.15) is 23.3 Å². The molecule has 0 saturated heterocycles. The summed E-state index contributed by atoms with van der Waals surface area (Å²) >= 11 is 0. The van der Waals surface area contributed by atoms with E-state index in [1.807, 2.05) is 13.8 Å². The maximum absolute atomic E-state index is 12.9. The molecule has 0 radical (unpaired) electrons. The van der Waals surface area contributed by atoms with Gasteiger partial charge in [0, 0.05) is 17.8 Å². The molecule has 0 aliphatic rings. The molecule has 1 aromatic carbocycles. The second kappa shape index (κ2) is 7.45. The third-order valence-electron chi connectivity index (χ3n) is 4.06. The molecule has 0 unspecified atom stereocenters. The van der Waals surface area contributed by atoms with Crippen LogP contribution in [0.4, 0.5) is 19.1 Å². The van der Waals surface area contributed by atoms with Gasteiger partial charge in [0.15, 0.2) is 5.82 Å². The number of nitrogens with one attached hydrogen (secondary N) is 2. The van der Waals surface area contributed by atoms with Gasteiger partial charge >= 0.3 is 6.18 Å². The van der Waals surface area contributed by atoms with Gasteiger partial charge in [0.1, 0.15) is 0 Å². The summed E-state index contributed by atoms with van der Waals surface area (Å²) in [5.74, 6) is 0.0154. The molecule has 10 heteroatoms. The van der Waals surface area contributed by atoms with E-state index in [2.05, 4.69) is 25.6 Å². The van der Waals surface area contributed by atoms with Crippen molar-refractivity contribution >= 4 is 11.9 Å². The Labute approximate surface area is 159 Å². The van der Waals surface area contributed by atoms with E-state index < -0.39 is 17.6 Å². The number of carbonyl (C=O) groups excluding carboxylic acids is 1. The Kier molecular flexibility index (Phi) is 5.21. The van der Waals surface area contributed by atoms with Crippen LogP contribution >= 0.6 is 0 Å². The van der Waals surface area contributed by atoms with E-state index in [0.29, 0.717) is 23.7 Å². The maximum atomic E-state index is 12.9. The average molecular weight is 392 g/mol. The van der Waals surface area contributed by atoms with Crippen molar-refractivity contribution in [3.63, 3.8) is 0 Å². The molecule has 0 bridgehead atoms. The lowest BCUT2D eigenvalue weighted by Crippen LogP contribution is -2.15. The van der Waals surface area contributed by atoms with Gasteiger partial charge in [-0.1, -0.05) is 26.0 Å². The summed E-state index contributed by atoms with van der Waals surface area (Å²) in [5.41, 5.74) is 0.509. The van der Waals surface area contributed by atoms with Crippen LogP contribution in [0.25, 0.3) is 11.4 Å². The van der Waals surface area contributed by atoms with Crippen molar-refractivity contribution in [1.82, 2.24) is 25.0 Å². The number of hydrogen-bond acceptors (Lipinski definition) is 4. The van der Waals surface area contributed by atoms with Crippen molar-refractivity contribution in [2.24, 2.45) is 5.92 Å². The van der Waals surface area contributed by atoms with Gasteiger partial charge in [-0.15, -0.1) is 5.10 Å². The Morgan fingerprint density at radius 1 is 1.32 bits per heavy atom. The number of alkyl halides is 3. The van der Waals surface area contributed by atoms with Crippen LogP contribution in [0, 0.1) is 12.8 Å². The first-order valence-corrected chi connectivity index (χ1v) is 8.59. The van der Waals surface area contributed by atoms with Gasteiger partial charge in [-0.25, -0.2) is 0 Å². The second-order valence-corrected chi connectivity index (χ2v) is 6.76. The van der Waals surface area contributed by atoms with Gasteiger partial charge in [-0.05, 0) is 25.0 Å². The zero-order valence-electron chi connectivity index (χ0n) is 15.5. The van der Waals surface area contributed by atoms with Gasteiger partial charge in [0.2, 0.25) is 5.95 Å². The predicted molar refractivity (Wildman–Crippen MR) is 96.6 cm³/mol. The highest BCUT2D eigenvalue weighted by molar-refractivity contribution is 6.04. The Hall–Kier alpha value is -3.17. The Balaban J connectivity index is 1.77. The third-order valence-corrected chi connectivity index (χ3v) is 4.06. The smallest absolute Gasteiger partial charge is 0.289 e. The molecule has 148 valence electrons. The quantitative estimate of drug-likeness (QED) is 0.689. The molecule has 0 aliphatic heterocycles. The Morgan fingerprint density at radius 3 is 2.75 bits per heavy atom. The lowest BCUT2D eigenvalue weighted by molar-refractivity contribution is -0.137. The molecule has 7 nitrogen and oxygen atoms in total. The highest BCUT2D eigenvalue weighted by Crippen LogP contribution is 2.31. The molecule has 2 heterocycles. The summed E-state index contributed by atoms with van der Waals surface area (Å²) in [6, 6.07) is 4.69. The molecular weight excluding hydrogens is 373 g/mol. The van der Waals surface area contributed by atoms with E-state index in [9.17, 15) is 18.0 Å². The first-order chi connectivity index (χ1) is 13.1. The fourth-order valence-electron chi connectivity index (χ4n) is 2.66. The van der Waals surface area contributed by atoms with Crippen LogP contribution < -0.4 is 5.32 Å². The minimum Gasteiger partial charge on any atom is -0.289 e. The third kappa shape index (κ3) is 4.21. The topological polar surface area (TPSA) is 88.5 Å². The zero-order chi connectivity index (χ0) is 20.5. The molecule has 2 N–H and O–H groups in total. The monoisotopic (exact) mass is 392 g/mol. The molecule has 0 fully saturated rings. The van der Waals surface area contributed by atoms with E-state index in [1.165, 1.54) is 18.3 Å². The number of H-pyrrole nitrogens is 1. The summed E-state index contributed by atoms with van der Waals surface area (Å²) < 4.78 is 40.3. The van der Waals surface area contributed by atoms with Crippen molar-refractivity contribution < 1.29 is 18.0 Å². The average Bonchev–Trinajstić information content (AvgIpc) is 3.21. The van der Waals surface area contributed by atoms with E-state index in [-0.39, 0.29) is 17.3 Å². The van der Waals surface area contributed by atoms with Crippen LogP contribution in [0.2, 0.25) is 0 Å². The zero-order valence-corrected chi connectivity index (χ0v) is 15.5. The van der Waals surface area contributed by atoms with E-state index in [0.717, 1.165) is 12.1 Å². The molecule has 2 aromatic heterocycles. The number of carbonyl (C=O) groups is 1. The molecule has 28 heavy (non-hydrogen) atoms. The SMILES string of the molecule is Cc1c(C(=O)Nc2n[nH]c(-c3cccc(C(F)(F)F)c3)n2)cnn1CC(C)C. The highest BCUT2D eigenvalue weighted by atomic mass is 19.4. The highest BCUT2D eigenvalue weighted by Gasteiger charge is 2.30. The summed E-state index contributed by atoms with van der Waals surface area (Å²) in [5, 5.41) is 13.1. The van der Waals surface area contributed by atoms with Gasteiger partial charge < -0.3 is 0 Å². The number of aromatic amines is 1. The van der Waals surface area contributed by atoms with Crippen molar-refractivity contribution in [3.05, 3.63) is 47.3 Å². The van der Waals surface area contributed by atoms with Crippen molar-refractivity contribution in [2.45, 2.75) is 33.5 Å².